The summed E-state index contributed by atoms with van der Waals surface area (Å²) in [6.07, 6.45) is 1.02. The molecule has 0 aromatic carbocycles. The summed E-state index contributed by atoms with van der Waals surface area (Å²) in [5.41, 5.74) is 5.22. The van der Waals surface area contributed by atoms with E-state index in [1.807, 2.05) is 6.92 Å². The summed E-state index contributed by atoms with van der Waals surface area (Å²) in [7, 11) is 1.56. The first kappa shape index (κ1) is 13.4. The van der Waals surface area contributed by atoms with Gasteiger partial charge in [-0.15, -0.1) is 0 Å². The van der Waals surface area contributed by atoms with E-state index >= 15 is 0 Å². The van der Waals surface area contributed by atoms with Crippen molar-refractivity contribution in [2.24, 2.45) is 11.7 Å². The average Bonchev–Trinajstić information content (AvgIpc) is 2.01. The molecule has 84 valence electrons. The molecule has 0 heterocycles. The van der Waals surface area contributed by atoms with Crippen LogP contribution in [-0.4, -0.2) is 31.7 Å². The van der Waals surface area contributed by atoms with Crippen LogP contribution in [0.5, 0.6) is 0 Å². The molecular formula is C10H22N2O2. The molecule has 0 aromatic rings. The van der Waals surface area contributed by atoms with E-state index in [9.17, 15) is 4.79 Å². The summed E-state index contributed by atoms with van der Waals surface area (Å²) in [4.78, 5) is 11.0. The van der Waals surface area contributed by atoms with Crippen LogP contribution in [0, 0.1) is 5.92 Å². The second-order valence-corrected chi connectivity index (χ2v) is 4.11. The number of nitrogens with two attached hydrogens (primary N) is 1. The monoisotopic (exact) mass is 202 g/mol. The second kappa shape index (κ2) is 6.79. The fraction of sp³-hybridized carbons (Fsp3) is 0.900. The summed E-state index contributed by atoms with van der Waals surface area (Å²) in [5, 5.41) is 3.15. The minimum absolute atomic E-state index is 0.280. The zero-order valence-corrected chi connectivity index (χ0v) is 9.54. The van der Waals surface area contributed by atoms with Gasteiger partial charge in [-0.25, -0.2) is 0 Å². The van der Waals surface area contributed by atoms with Crippen LogP contribution in [0.1, 0.15) is 27.2 Å². The van der Waals surface area contributed by atoms with E-state index in [4.69, 9.17) is 10.5 Å². The van der Waals surface area contributed by atoms with Crippen molar-refractivity contribution in [3.05, 3.63) is 0 Å². The third-order valence-corrected chi connectivity index (χ3v) is 1.99. The number of carbonyl (C=O) groups is 1. The van der Waals surface area contributed by atoms with E-state index in [0.717, 1.165) is 6.42 Å². The molecule has 3 N–H and O–H groups in total. The maximum atomic E-state index is 11.0. The van der Waals surface area contributed by atoms with Gasteiger partial charge in [-0.1, -0.05) is 13.8 Å². The van der Waals surface area contributed by atoms with Gasteiger partial charge in [-0.2, -0.15) is 0 Å². The third-order valence-electron chi connectivity index (χ3n) is 1.99. The molecule has 2 atom stereocenters. The lowest BCUT2D eigenvalue weighted by Gasteiger charge is -2.21. The number of primary amides is 1. The molecule has 4 heteroatoms. The third kappa shape index (κ3) is 5.94. The maximum absolute atomic E-state index is 11.0. The lowest BCUT2D eigenvalue weighted by Crippen LogP contribution is -2.48. The average molecular weight is 202 g/mol. The van der Waals surface area contributed by atoms with Crippen molar-refractivity contribution >= 4 is 5.91 Å². The van der Waals surface area contributed by atoms with Gasteiger partial charge in [0.05, 0.1) is 6.61 Å². The molecule has 0 aliphatic carbocycles. The van der Waals surface area contributed by atoms with Crippen molar-refractivity contribution in [2.45, 2.75) is 39.3 Å². The zero-order chi connectivity index (χ0) is 11.1. The molecule has 0 spiro atoms. The predicted octanol–water partition coefficient (Wildman–Crippen LogP) is 0.511. The molecule has 4 nitrogen and oxygen atoms in total. The summed E-state index contributed by atoms with van der Waals surface area (Å²) >= 11 is 0. The summed E-state index contributed by atoms with van der Waals surface area (Å²) < 4.78 is 4.91. The standard InChI is InChI=1S/C10H22N2O2/c1-7(2)5-8(3)12-9(6-14-4)10(11)13/h7-9,12H,5-6H2,1-4H3,(H2,11,13). The van der Waals surface area contributed by atoms with E-state index in [2.05, 4.69) is 19.2 Å². The van der Waals surface area contributed by atoms with E-state index in [1.165, 1.54) is 0 Å². The minimum atomic E-state index is -0.381. The quantitative estimate of drug-likeness (QED) is 0.632. The highest BCUT2D eigenvalue weighted by atomic mass is 16.5. The van der Waals surface area contributed by atoms with Crippen LogP contribution >= 0.6 is 0 Å². The van der Waals surface area contributed by atoms with Gasteiger partial charge in [0.2, 0.25) is 5.91 Å². The number of methoxy groups -OCH3 is 1. The van der Waals surface area contributed by atoms with E-state index in [-0.39, 0.29) is 18.0 Å². The van der Waals surface area contributed by atoms with Gasteiger partial charge < -0.3 is 15.8 Å². The summed E-state index contributed by atoms with van der Waals surface area (Å²) in [6, 6.07) is -0.101. The second-order valence-electron chi connectivity index (χ2n) is 4.11. The first-order valence-corrected chi connectivity index (χ1v) is 5.01. The van der Waals surface area contributed by atoms with Crippen LogP contribution in [0.25, 0.3) is 0 Å². The van der Waals surface area contributed by atoms with Gasteiger partial charge >= 0.3 is 0 Å². The number of hydrogen-bond acceptors (Lipinski definition) is 3. The largest absolute Gasteiger partial charge is 0.383 e. The molecule has 0 radical (unpaired) electrons. The maximum Gasteiger partial charge on any atom is 0.236 e. The number of carbonyl (C=O) groups excluding carboxylic acids is 1. The molecule has 0 aliphatic rings. The van der Waals surface area contributed by atoms with Gasteiger partial charge in [0.25, 0.3) is 0 Å². The van der Waals surface area contributed by atoms with Gasteiger partial charge in [-0.3, -0.25) is 4.79 Å². The normalized spacial score (nSPS) is 15.5. The first-order valence-electron chi connectivity index (χ1n) is 5.01. The zero-order valence-electron chi connectivity index (χ0n) is 9.54. The Balaban J connectivity index is 3.95. The Morgan fingerprint density at radius 3 is 2.36 bits per heavy atom. The molecule has 14 heavy (non-hydrogen) atoms. The number of hydrogen-bond donors (Lipinski definition) is 2. The van der Waals surface area contributed by atoms with Crippen molar-refractivity contribution in [3.63, 3.8) is 0 Å². The Bertz CT molecular complexity index is 172. The smallest absolute Gasteiger partial charge is 0.236 e. The lowest BCUT2D eigenvalue weighted by atomic mass is 10.0. The molecule has 0 fully saturated rings. The van der Waals surface area contributed by atoms with Crippen molar-refractivity contribution < 1.29 is 9.53 Å². The SMILES string of the molecule is COCC(NC(C)CC(C)C)C(N)=O. The highest BCUT2D eigenvalue weighted by Crippen LogP contribution is 2.04. The van der Waals surface area contributed by atoms with Crippen LogP contribution in [-0.2, 0) is 9.53 Å². The fourth-order valence-corrected chi connectivity index (χ4v) is 1.50. The number of nitrogens with one attached hydrogen (secondary N) is 1. The highest BCUT2D eigenvalue weighted by molar-refractivity contribution is 5.80. The molecule has 0 aromatic heterocycles. The Morgan fingerprint density at radius 1 is 1.43 bits per heavy atom. The topological polar surface area (TPSA) is 64.3 Å². The van der Waals surface area contributed by atoms with Gasteiger partial charge in [0.15, 0.2) is 0 Å². The molecule has 1 amide bonds. The van der Waals surface area contributed by atoms with Crippen LogP contribution < -0.4 is 11.1 Å². The van der Waals surface area contributed by atoms with Crippen molar-refractivity contribution in [1.82, 2.24) is 5.32 Å². The Hall–Kier alpha value is -0.610. The molecule has 0 saturated carbocycles. The molecule has 0 rings (SSSR count). The van der Waals surface area contributed by atoms with Crippen LogP contribution in [0.15, 0.2) is 0 Å². The predicted molar refractivity (Wildman–Crippen MR) is 56.9 cm³/mol. The first-order chi connectivity index (χ1) is 6.47. The highest BCUT2D eigenvalue weighted by Gasteiger charge is 2.17. The van der Waals surface area contributed by atoms with E-state index in [1.54, 1.807) is 7.11 Å². The molecule has 0 bridgehead atoms. The fourth-order valence-electron chi connectivity index (χ4n) is 1.50. The molecular weight excluding hydrogens is 180 g/mol. The summed E-state index contributed by atoms with van der Waals surface area (Å²) in [6.45, 7) is 6.67. The number of ether oxygens (including phenoxy) is 1. The van der Waals surface area contributed by atoms with Gasteiger partial charge in [0.1, 0.15) is 6.04 Å². The van der Waals surface area contributed by atoms with E-state index in [0.29, 0.717) is 12.5 Å². The van der Waals surface area contributed by atoms with Crippen LogP contribution in [0.4, 0.5) is 0 Å². The Morgan fingerprint density at radius 2 is 2.00 bits per heavy atom. The lowest BCUT2D eigenvalue weighted by molar-refractivity contribution is -0.121. The van der Waals surface area contributed by atoms with Crippen LogP contribution in [0.3, 0.4) is 0 Å². The van der Waals surface area contributed by atoms with Crippen molar-refractivity contribution in [1.29, 1.82) is 0 Å². The van der Waals surface area contributed by atoms with Crippen molar-refractivity contribution in [3.8, 4) is 0 Å². The Labute approximate surface area is 86.2 Å². The Kier molecular flexibility index (Phi) is 6.49. The molecule has 0 saturated heterocycles. The molecule has 2 unspecified atom stereocenters. The minimum Gasteiger partial charge on any atom is -0.383 e. The van der Waals surface area contributed by atoms with E-state index < -0.39 is 0 Å². The molecule has 0 aliphatic heterocycles. The summed E-state index contributed by atoms with van der Waals surface area (Å²) in [5.74, 6) is 0.246. The number of amides is 1. The van der Waals surface area contributed by atoms with Crippen molar-refractivity contribution in [2.75, 3.05) is 13.7 Å². The number of rotatable bonds is 7. The van der Waals surface area contributed by atoms with Gasteiger partial charge in [-0.05, 0) is 19.3 Å². The van der Waals surface area contributed by atoms with Crippen LogP contribution in [0.2, 0.25) is 0 Å². The van der Waals surface area contributed by atoms with Gasteiger partial charge in [0, 0.05) is 13.2 Å².